The van der Waals surface area contributed by atoms with Gasteiger partial charge in [-0.3, -0.25) is 9.55 Å². The predicted octanol–water partition coefficient (Wildman–Crippen LogP) is 5.63. The van der Waals surface area contributed by atoms with Gasteiger partial charge >= 0.3 is 0 Å². The summed E-state index contributed by atoms with van der Waals surface area (Å²) >= 11 is 7.44. The number of aryl methyl sites for hydroxylation is 1. The van der Waals surface area contributed by atoms with Gasteiger partial charge in [-0.25, -0.2) is 0 Å². The highest BCUT2D eigenvalue weighted by Crippen LogP contribution is 2.30. The van der Waals surface area contributed by atoms with Crippen molar-refractivity contribution in [2.45, 2.75) is 17.8 Å². The molecule has 5 rings (SSSR count). The predicted molar refractivity (Wildman–Crippen MR) is 124 cm³/mol. The third-order valence-electron chi connectivity index (χ3n) is 4.76. The van der Waals surface area contributed by atoms with Crippen molar-refractivity contribution in [2.24, 2.45) is 0 Å². The van der Waals surface area contributed by atoms with E-state index in [1.54, 1.807) is 24.5 Å². The number of nitrogens with zero attached hydrogens (tertiary/aromatic N) is 6. The van der Waals surface area contributed by atoms with E-state index in [1.807, 2.05) is 28.8 Å². The second kappa shape index (κ2) is 8.94. The lowest BCUT2D eigenvalue weighted by molar-refractivity contribution is 0.391. The maximum Gasteiger partial charge on any atom is 0.237 e. The smallest absolute Gasteiger partial charge is 0.237 e. The van der Waals surface area contributed by atoms with Crippen molar-refractivity contribution in [3.05, 3.63) is 89.5 Å². The van der Waals surface area contributed by atoms with Crippen LogP contribution in [0.4, 0.5) is 0 Å². The maximum atomic E-state index is 5.96. The van der Waals surface area contributed by atoms with E-state index in [-0.39, 0.29) is 0 Å². The second-order valence-corrected chi connectivity index (χ2v) is 8.40. The lowest BCUT2D eigenvalue weighted by Crippen LogP contribution is -2.00. The third-order valence-corrected chi connectivity index (χ3v) is 5.92. The van der Waals surface area contributed by atoms with E-state index in [1.165, 1.54) is 17.3 Å². The van der Waals surface area contributed by atoms with E-state index in [0.717, 1.165) is 27.8 Å². The Bertz CT molecular complexity index is 1330. The summed E-state index contributed by atoms with van der Waals surface area (Å²) in [5.41, 5.74) is 3.93. The van der Waals surface area contributed by atoms with Crippen molar-refractivity contribution < 1.29 is 4.52 Å². The summed E-state index contributed by atoms with van der Waals surface area (Å²) in [5.74, 6) is 2.23. The zero-order chi connectivity index (χ0) is 21.9. The highest BCUT2D eigenvalue weighted by molar-refractivity contribution is 7.98. The van der Waals surface area contributed by atoms with E-state index in [0.29, 0.717) is 22.5 Å². The molecule has 0 N–H and O–H groups in total. The van der Waals surface area contributed by atoms with Crippen LogP contribution in [0.3, 0.4) is 0 Å². The lowest BCUT2D eigenvalue weighted by atomic mass is 10.2. The van der Waals surface area contributed by atoms with Crippen molar-refractivity contribution in [3.63, 3.8) is 0 Å². The molecule has 7 nitrogen and oxygen atoms in total. The van der Waals surface area contributed by atoms with Crippen molar-refractivity contribution in [1.29, 1.82) is 0 Å². The van der Waals surface area contributed by atoms with Gasteiger partial charge in [0.1, 0.15) is 0 Å². The number of hydrogen-bond acceptors (Lipinski definition) is 7. The van der Waals surface area contributed by atoms with Gasteiger partial charge in [-0.15, -0.1) is 10.2 Å². The van der Waals surface area contributed by atoms with E-state index in [2.05, 4.69) is 56.5 Å². The quantitative estimate of drug-likeness (QED) is 0.303. The first-order valence-corrected chi connectivity index (χ1v) is 11.2. The molecule has 0 saturated carbocycles. The number of hydrogen-bond donors (Lipinski definition) is 0. The van der Waals surface area contributed by atoms with Gasteiger partial charge < -0.3 is 4.52 Å². The largest absolute Gasteiger partial charge is 0.338 e. The van der Waals surface area contributed by atoms with E-state index in [9.17, 15) is 0 Å². The molecule has 5 aromatic rings. The Morgan fingerprint density at radius 1 is 0.906 bits per heavy atom. The van der Waals surface area contributed by atoms with Crippen LogP contribution in [-0.2, 0) is 5.75 Å². The Morgan fingerprint density at radius 3 is 2.41 bits per heavy atom. The maximum absolute atomic E-state index is 5.96. The van der Waals surface area contributed by atoms with Gasteiger partial charge in [-0.1, -0.05) is 46.2 Å². The van der Waals surface area contributed by atoms with Crippen LogP contribution in [0.2, 0.25) is 5.02 Å². The molecule has 3 aromatic heterocycles. The van der Waals surface area contributed by atoms with Crippen LogP contribution in [0, 0.1) is 6.92 Å². The molecule has 0 aliphatic rings. The van der Waals surface area contributed by atoms with E-state index >= 15 is 0 Å². The molecule has 0 aliphatic heterocycles. The molecule has 158 valence electrons. The number of benzene rings is 2. The normalized spacial score (nSPS) is 11.1. The van der Waals surface area contributed by atoms with Crippen LogP contribution in [0.1, 0.15) is 11.5 Å². The summed E-state index contributed by atoms with van der Waals surface area (Å²) in [6.45, 7) is 2.06. The van der Waals surface area contributed by atoms with Gasteiger partial charge in [0.2, 0.25) is 11.7 Å². The summed E-state index contributed by atoms with van der Waals surface area (Å²) < 4.78 is 7.47. The molecule has 0 radical (unpaired) electrons. The first-order chi connectivity index (χ1) is 15.7. The standard InChI is InChI=1S/C23H17ClN6OS/c1-15-2-8-19(9-3-15)30-22(17-10-12-25-13-11-17)27-28-23(30)32-14-20-26-21(29-31-20)16-4-6-18(24)7-5-16/h2-13H,14H2,1H3. The molecule has 0 atom stereocenters. The summed E-state index contributed by atoms with van der Waals surface area (Å²) in [6.07, 6.45) is 3.49. The van der Waals surface area contributed by atoms with Gasteiger partial charge in [-0.05, 0) is 55.5 Å². The van der Waals surface area contributed by atoms with E-state index < -0.39 is 0 Å². The zero-order valence-corrected chi connectivity index (χ0v) is 18.6. The van der Waals surface area contributed by atoms with Crippen molar-refractivity contribution in [1.82, 2.24) is 29.9 Å². The highest BCUT2D eigenvalue weighted by Gasteiger charge is 2.18. The average molecular weight is 461 g/mol. The van der Waals surface area contributed by atoms with Crippen LogP contribution in [-0.4, -0.2) is 29.9 Å². The number of pyridine rings is 1. The fourth-order valence-electron chi connectivity index (χ4n) is 3.13. The monoisotopic (exact) mass is 460 g/mol. The molecule has 32 heavy (non-hydrogen) atoms. The Hall–Kier alpha value is -3.49. The van der Waals surface area contributed by atoms with Gasteiger partial charge in [0, 0.05) is 34.2 Å². The summed E-state index contributed by atoms with van der Waals surface area (Å²) in [7, 11) is 0. The molecule has 0 spiro atoms. The van der Waals surface area contributed by atoms with Crippen LogP contribution >= 0.6 is 23.4 Å². The first-order valence-electron chi connectivity index (χ1n) is 9.81. The third kappa shape index (κ3) is 4.28. The minimum atomic E-state index is 0.459. The van der Waals surface area contributed by atoms with Crippen molar-refractivity contribution in [2.75, 3.05) is 0 Å². The highest BCUT2D eigenvalue weighted by atomic mass is 35.5. The van der Waals surface area contributed by atoms with E-state index in [4.69, 9.17) is 16.1 Å². The Kier molecular flexibility index (Phi) is 5.70. The van der Waals surface area contributed by atoms with Gasteiger partial charge in [0.05, 0.1) is 5.75 Å². The van der Waals surface area contributed by atoms with Crippen LogP contribution in [0.15, 0.2) is 82.7 Å². The second-order valence-electron chi connectivity index (χ2n) is 7.02. The molecule has 0 aliphatic carbocycles. The Balaban J connectivity index is 1.43. The molecule has 0 fully saturated rings. The molecule has 0 amide bonds. The number of halogens is 1. The summed E-state index contributed by atoms with van der Waals surface area (Å²) in [6, 6.07) is 19.4. The molecule has 3 heterocycles. The molecular weight excluding hydrogens is 444 g/mol. The van der Waals surface area contributed by atoms with Crippen LogP contribution in [0.25, 0.3) is 28.5 Å². The Morgan fingerprint density at radius 2 is 1.66 bits per heavy atom. The average Bonchev–Trinajstić information content (AvgIpc) is 3.47. The minimum Gasteiger partial charge on any atom is -0.338 e. The fraction of sp³-hybridized carbons (Fsp3) is 0.0870. The minimum absolute atomic E-state index is 0.459. The summed E-state index contributed by atoms with van der Waals surface area (Å²) in [5, 5.41) is 14.3. The van der Waals surface area contributed by atoms with Gasteiger partial charge in [0.25, 0.3) is 0 Å². The van der Waals surface area contributed by atoms with Gasteiger partial charge in [-0.2, -0.15) is 4.98 Å². The number of rotatable bonds is 6. The molecule has 0 bridgehead atoms. The molecule has 2 aromatic carbocycles. The van der Waals surface area contributed by atoms with Crippen LogP contribution < -0.4 is 0 Å². The molecule has 0 unspecified atom stereocenters. The SMILES string of the molecule is Cc1ccc(-n2c(SCc3nc(-c4ccc(Cl)cc4)no3)nnc2-c2ccncc2)cc1. The molecular formula is C23H17ClN6OS. The zero-order valence-electron chi connectivity index (χ0n) is 17.0. The van der Waals surface area contributed by atoms with Crippen molar-refractivity contribution in [3.8, 4) is 28.5 Å². The number of aromatic nitrogens is 6. The molecule has 9 heteroatoms. The number of thioether (sulfide) groups is 1. The molecule has 0 saturated heterocycles. The Labute approximate surface area is 193 Å². The topological polar surface area (TPSA) is 82.5 Å². The fourth-order valence-corrected chi connectivity index (χ4v) is 4.05. The van der Waals surface area contributed by atoms with Crippen molar-refractivity contribution >= 4 is 23.4 Å². The first kappa shape index (κ1) is 20.4. The lowest BCUT2D eigenvalue weighted by Gasteiger charge is -2.10. The van der Waals surface area contributed by atoms with Crippen LogP contribution in [0.5, 0.6) is 0 Å². The summed E-state index contributed by atoms with van der Waals surface area (Å²) in [4.78, 5) is 8.60. The van der Waals surface area contributed by atoms with Gasteiger partial charge in [0.15, 0.2) is 11.0 Å².